The molecule has 2 aromatic rings. The van der Waals surface area contributed by atoms with Crippen molar-refractivity contribution in [3.8, 4) is 0 Å². The molecular weight excluding hydrogens is 307 g/mol. The van der Waals surface area contributed by atoms with Crippen LogP contribution in [0.4, 0.5) is 15.8 Å². The van der Waals surface area contributed by atoms with Gasteiger partial charge in [0.1, 0.15) is 11.0 Å². The summed E-state index contributed by atoms with van der Waals surface area (Å²) in [6, 6.07) is 5.87. The first-order valence-electron chi connectivity index (χ1n) is 6.72. The molecule has 0 spiro atoms. The highest BCUT2D eigenvalue weighted by Gasteiger charge is 2.16. The van der Waals surface area contributed by atoms with Gasteiger partial charge in [0.15, 0.2) is 0 Å². The van der Waals surface area contributed by atoms with Crippen LogP contribution in [0.25, 0.3) is 0 Å². The minimum Gasteiger partial charge on any atom is -0.465 e. The quantitative estimate of drug-likeness (QED) is 0.664. The number of nitrogens with one attached hydrogen (secondary N) is 1. The van der Waals surface area contributed by atoms with Crippen molar-refractivity contribution >= 4 is 28.9 Å². The molecule has 0 bridgehead atoms. The number of halogens is 2. The number of pyridine rings is 1. The summed E-state index contributed by atoms with van der Waals surface area (Å²) in [5, 5.41) is 3.29. The molecule has 6 heteroatoms. The summed E-state index contributed by atoms with van der Waals surface area (Å²) in [4.78, 5) is 15.8. The fourth-order valence-corrected chi connectivity index (χ4v) is 2.24. The standard InChI is InChI=1S/C16H16ClFN2O2/c1-9(2)11-6-10(18)4-5-13(11)20-14-8-19-15(17)7-12(14)16(21)22-3/h4-9,20H,1-3H3. The molecule has 0 aliphatic rings. The molecule has 116 valence electrons. The molecule has 1 aromatic carbocycles. The van der Waals surface area contributed by atoms with Crippen molar-refractivity contribution < 1.29 is 13.9 Å². The zero-order valence-electron chi connectivity index (χ0n) is 12.5. The average molecular weight is 323 g/mol. The van der Waals surface area contributed by atoms with E-state index in [0.29, 0.717) is 11.4 Å². The van der Waals surface area contributed by atoms with Crippen LogP contribution in [0.5, 0.6) is 0 Å². The predicted molar refractivity (Wildman–Crippen MR) is 84.4 cm³/mol. The number of benzene rings is 1. The van der Waals surface area contributed by atoms with Crippen LogP contribution < -0.4 is 5.32 Å². The van der Waals surface area contributed by atoms with Crippen LogP contribution in [0.2, 0.25) is 5.15 Å². The largest absolute Gasteiger partial charge is 0.465 e. The van der Waals surface area contributed by atoms with E-state index in [-0.39, 0.29) is 22.5 Å². The highest BCUT2D eigenvalue weighted by Crippen LogP contribution is 2.30. The van der Waals surface area contributed by atoms with Crippen molar-refractivity contribution in [2.75, 3.05) is 12.4 Å². The van der Waals surface area contributed by atoms with Crippen LogP contribution in [0.15, 0.2) is 30.5 Å². The van der Waals surface area contributed by atoms with Gasteiger partial charge in [-0.25, -0.2) is 14.2 Å². The molecule has 0 radical (unpaired) electrons. The fourth-order valence-electron chi connectivity index (χ4n) is 2.08. The molecule has 0 saturated carbocycles. The summed E-state index contributed by atoms with van der Waals surface area (Å²) in [5.41, 5.74) is 2.21. The monoisotopic (exact) mass is 322 g/mol. The van der Waals surface area contributed by atoms with Crippen LogP contribution in [0.1, 0.15) is 35.7 Å². The van der Waals surface area contributed by atoms with E-state index in [0.717, 1.165) is 5.56 Å². The summed E-state index contributed by atoms with van der Waals surface area (Å²) < 4.78 is 18.2. The van der Waals surface area contributed by atoms with Crippen molar-refractivity contribution in [2.45, 2.75) is 19.8 Å². The normalized spacial score (nSPS) is 10.6. The van der Waals surface area contributed by atoms with Gasteiger partial charge in [0, 0.05) is 5.69 Å². The number of carbonyl (C=O) groups excluding carboxylic acids is 1. The van der Waals surface area contributed by atoms with Gasteiger partial charge in [-0.1, -0.05) is 25.4 Å². The number of rotatable bonds is 4. The number of hydrogen-bond donors (Lipinski definition) is 1. The van der Waals surface area contributed by atoms with Gasteiger partial charge < -0.3 is 10.1 Å². The molecule has 0 amide bonds. The number of methoxy groups -OCH3 is 1. The Labute approximate surface area is 133 Å². The van der Waals surface area contributed by atoms with E-state index in [1.807, 2.05) is 13.8 Å². The first-order chi connectivity index (χ1) is 10.4. The molecule has 0 fully saturated rings. The Kier molecular flexibility index (Phi) is 4.98. The van der Waals surface area contributed by atoms with Crippen molar-refractivity contribution in [1.29, 1.82) is 0 Å². The summed E-state index contributed by atoms with van der Waals surface area (Å²) in [6.07, 6.45) is 1.45. The molecule has 1 heterocycles. The molecule has 0 saturated heterocycles. The Morgan fingerprint density at radius 3 is 2.68 bits per heavy atom. The second-order valence-electron chi connectivity index (χ2n) is 5.06. The maximum absolute atomic E-state index is 13.4. The van der Waals surface area contributed by atoms with Gasteiger partial charge in [-0.3, -0.25) is 0 Å². The summed E-state index contributed by atoms with van der Waals surface area (Å²) in [7, 11) is 1.29. The van der Waals surface area contributed by atoms with Crippen LogP contribution in [-0.2, 0) is 4.74 Å². The van der Waals surface area contributed by atoms with Crippen molar-refractivity contribution in [1.82, 2.24) is 4.98 Å². The third kappa shape index (κ3) is 3.54. The average Bonchev–Trinajstić information content (AvgIpc) is 2.49. The van der Waals surface area contributed by atoms with Gasteiger partial charge >= 0.3 is 5.97 Å². The summed E-state index contributed by atoms with van der Waals surface area (Å²) >= 11 is 5.83. The van der Waals surface area contributed by atoms with E-state index in [4.69, 9.17) is 16.3 Å². The maximum Gasteiger partial charge on any atom is 0.340 e. The highest BCUT2D eigenvalue weighted by atomic mass is 35.5. The molecule has 22 heavy (non-hydrogen) atoms. The Hall–Kier alpha value is -2.14. The molecule has 2 rings (SSSR count). The van der Waals surface area contributed by atoms with Crippen molar-refractivity contribution in [3.05, 3.63) is 52.6 Å². The van der Waals surface area contributed by atoms with E-state index in [1.54, 1.807) is 6.07 Å². The van der Waals surface area contributed by atoms with Gasteiger partial charge in [-0.15, -0.1) is 0 Å². The second kappa shape index (κ2) is 6.75. The number of carbonyl (C=O) groups is 1. The Bertz CT molecular complexity index is 705. The number of hydrogen-bond acceptors (Lipinski definition) is 4. The number of anilines is 2. The molecule has 0 aliphatic carbocycles. The molecule has 1 N–H and O–H groups in total. The molecule has 1 aromatic heterocycles. The number of nitrogens with zero attached hydrogens (tertiary/aromatic N) is 1. The van der Waals surface area contributed by atoms with Crippen molar-refractivity contribution in [3.63, 3.8) is 0 Å². The minimum absolute atomic E-state index is 0.111. The SMILES string of the molecule is COC(=O)c1cc(Cl)ncc1Nc1ccc(F)cc1C(C)C. The Balaban J connectivity index is 2.45. The van der Waals surface area contributed by atoms with Crippen molar-refractivity contribution in [2.24, 2.45) is 0 Å². The van der Waals surface area contributed by atoms with Gasteiger partial charge in [0.2, 0.25) is 0 Å². The third-order valence-electron chi connectivity index (χ3n) is 3.18. The summed E-state index contributed by atoms with van der Waals surface area (Å²) in [6.45, 7) is 3.92. The molecule has 0 atom stereocenters. The molecule has 0 aliphatic heterocycles. The topological polar surface area (TPSA) is 51.2 Å². The van der Waals surface area contributed by atoms with Gasteiger partial charge in [-0.2, -0.15) is 0 Å². The molecule has 0 unspecified atom stereocenters. The summed E-state index contributed by atoms with van der Waals surface area (Å²) in [5.74, 6) is -0.725. The van der Waals surface area contributed by atoms with Gasteiger partial charge in [0.05, 0.1) is 24.6 Å². The number of aromatic nitrogens is 1. The van der Waals surface area contributed by atoms with Gasteiger partial charge in [-0.05, 0) is 35.7 Å². The van der Waals surface area contributed by atoms with E-state index in [9.17, 15) is 9.18 Å². The smallest absolute Gasteiger partial charge is 0.340 e. The van der Waals surface area contributed by atoms with E-state index < -0.39 is 5.97 Å². The lowest BCUT2D eigenvalue weighted by Crippen LogP contribution is -2.07. The number of ether oxygens (including phenoxy) is 1. The Morgan fingerprint density at radius 2 is 2.05 bits per heavy atom. The lowest BCUT2D eigenvalue weighted by Gasteiger charge is -2.16. The zero-order chi connectivity index (χ0) is 16.3. The van der Waals surface area contributed by atoms with Crippen LogP contribution >= 0.6 is 11.6 Å². The first kappa shape index (κ1) is 16.2. The second-order valence-corrected chi connectivity index (χ2v) is 5.44. The number of esters is 1. The minimum atomic E-state index is -0.528. The maximum atomic E-state index is 13.4. The lowest BCUT2D eigenvalue weighted by molar-refractivity contribution is 0.0602. The Morgan fingerprint density at radius 1 is 1.32 bits per heavy atom. The lowest BCUT2D eigenvalue weighted by atomic mass is 10.0. The van der Waals surface area contributed by atoms with E-state index >= 15 is 0 Å². The zero-order valence-corrected chi connectivity index (χ0v) is 13.2. The van der Waals surface area contributed by atoms with E-state index in [1.165, 1.54) is 31.5 Å². The molecule has 4 nitrogen and oxygen atoms in total. The predicted octanol–water partition coefficient (Wildman–Crippen LogP) is 4.53. The van der Waals surface area contributed by atoms with Gasteiger partial charge in [0.25, 0.3) is 0 Å². The highest BCUT2D eigenvalue weighted by molar-refractivity contribution is 6.29. The third-order valence-corrected chi connectivity index (χ3v) is 3.39. The van der Waals surface area contributed by atoms with Crippen LogP contribution in [0.3, 0.4) is 0 Å². The van der Waals surface area contributed by atoms with Crippen LogP contribution in [-0.4, -0.2) is 18.1 Å². The van der Waals surface area contributed by atoms with E-state index in [2.05, 4.69) is 10.3 Å². The molecular formula is C16H16ClFN2O2. The fraction of sp³-hybridized carbons (Fsp3) is 0.250. The van der Waals surface area contributed by atoms with Crippen LogP contribution in [0, 0.1) is 5.82 Å². The first-order valence-corrected chi connectivity index (χ1v) is 7.10.